The van der Waals surface area contributed by atoms with Gasteiger partial charge in [-0.15, -0.1) is 0 Å². The number of hydrogen-bond acceptors (Lipinski definition) is 4. The fourth-order valence-corrected chi connectivity index (χ4v) is 2.13. The van der Waals surface area contributed by atoms with Gasteiger partial charge in [-0.2, -0.15) is 0 Å². The van der Waals surface area contributed by atoms with Crippen LogP contribution in [0.4, 0.5) is 0 Å². The quantitative estimate of drug-likeness (QED) is 0.601. The van der Waals surface area contributed by atoms with Crippen molar-refractivity contribution in [2.45, 2.75) is 50.6 Å². The van der Waals surface area contributed by atoms with Crippen LogP contribution in [0.1, 0.15) is 39.0 Å². The second-order valence-corrected chi connectivity index (χ2v) is 5.24. The zero-order chi connectivity index (χ0) is 12.7. The molecule has 0 heterocycles. The summed E-state index contributed by atoms with van der Waals surface area (Å²) in [7, 11) is 1.75. The molecule has 4 nitrogen and oxygen atoms in total. The Kier molecular flexibility index (Phi) is 6.41. The van der Waals surface area contributed by atoms with E-state index in [2.05, 4.69) is 4.90 Å². The number of hydrogen-bond donors (Lipinski definition) is 2. The first-order valence-electron chi connectivity index (χ1n) is 6.78. The molecule has 0 amide bonds. The summed E-state index contributed by atoms with van der Waals surface area (Å²) in [4.78, 5) is 2.50. The molecule has 0 aromatic carbocycles. The van der Waals surface area contributed by atoms with Crippen molar-refractivity contribution in [3.05, 3.63) is 0 Å². The maximum absolute atomic E-state index is 9.25. The summed E-state index contributed by atoms with van der Waals surface area (Å²) in [5.41, 5.74) is 5.70. The number of rotatable bonds is 10. The van der Waals surface area contributed by atoms with Crippen molar-refractivity contribution in [1.82, 2.24) is 4.90 Å². The Labute approximate surface area is 105 Å². The third-order valence-electron chi connectivity index (χ3n) is 3.78. The normalized spacial score (nSPS) is 19.6. The van der Waals surface area contributed by atoms with Crippen LogP contribution in [-0.2, 0) is 4.74 Å². The van der Waals surface area contributed by atoms with E-state index in [4.69, 9.17) is 10.5 Å². The third kappa shape index (κ3) is 5.34. The third-order valence-corrected chi connectivity index (χ3v) is 3.78. The summed E-state index contributed by atoms with van der Waals surface area (Å²) in [5.74, 6) is 0. The van der Waals surface area contributed by atoms with Gasteiger partial charge < -0.3 is 15.6 Å². The highest BCUT2D eigenvalue weighted by Gasteiger charge is 2.29. The van der Waals surface area contributed by atoms with Crippen molar-refractivity contribution in [3.63, 3.8) is 0 Å². The van der Waals surface area contributed by atoms with Crippen molar-refractivity contribution < 1.29 is 9.84 Å². The van der Waals surface area contributed by atoms with Gasteiger partial charge in [-0.3, -0.25) is 4.90 Å². The summed E-state index contributed by atoms with van der Waals surface area (Å²) < 4.78 is 5.13. The molecule has 1 rings (SSSR count). The molecule has 0 aliphatic heterocycles. The molecule has 17 heavy (non-hydrogen) atoms. The minimum Gasteiger partial charge on any atom is -0.394 e. The zero-order valence-electron chi connectivity index (χ0n) is 11.3. The predicted octanol–water partition coefficient (Wildman–Crippen LogP) is 0.977. The molecular formula is C13H28N2O2. The van der Waals surface area contributed by atoms with Gasteiger partial charge in [0.15, 0.2) is 0 Å². The highest BCUT2D eigenvalue weighted by atomic mass is 16.5. The average molecular weight is 244 g/mol. The van der Waals surface area contributed by atoms with Crippen LogP contribution in [-0.4, -0.2) is 55.0 Å². The molecule has 0 aromatic heterocycles. The summed E-state index contributed by atoms with van der Waals surface area (Å²) >= 11 is 0. The molecule has 1 unspecified atom stereocenters. The number of aliphatic hydroxyl groups excluding tert-OH is 1. The molecule has 0 saturated heterocycles. The van der Waals surface area contributed by atoms with E-state index in [9.17, 15) is 5.11 Å². The first-order chi connectivity index (χ1) is 8.15. The van der Waals surface area contributed by atoms with E-state index in [0.717, 1.165) is 45.0 Å². The van der Waals surface area contributed by atoms with Gasteiger partial charge in [0.05, 0.1) is 13.2 Å². The van der Waals surface area contributed by atoms with Crippen LogP contribution >= 0.6 is 0 Å². The molecule has 0 radical (unpaired) electrons. The first kappa shape index (κ1) is 14.9. The Balaban J connectivity index is 2.22. The minimum atomic E-state index is -0.378. The van der Waals surface area contributed by atoms with Crippen LogP contribution in [0.2, 0.25) is 0 Å². The SMILES string of the molecule is CCC(N)(CO)CCCN(CCOC)C1CC1. The van der Waals surface area contributed by atoms with E-state index in [-0.39, 0.29) is 12.1 Å². The average Bonchev–Trinajstić information content (AvgIpc) is 3.17. The van der Waals surface area contributed by atoms with Gasteiger partial charge in [-0.25, -0.2) is 0 Å². The molecule has 0 bridgehead atoms. The van der Waals surface area contributed by atoms with E-state index in [1.54, 1.807) is 7.11 Å². The van der Waals surface area contributed by atoms with Crippen LogP contribution in [0.15, 0.2) is 0 Å². The standard InChI is InChI=1S/C13H28N2O2/c1-3-13(14,11-16)7-4-8-15(9-10-17-2)12-5-6-12/h12,16H,3-11,14H2,1-2H3. The Hall–Kier alpha value is -0.160. The van der Waals surface area contributed by atoms with Gasteiger partial charge in [-0.05, 0) is 38.6 Å². The Morgan fingerprint density at radius 1 is 1.41 bits per heavy atom. The fourth-order valence-electron chi connectivity index (χ4n) is 2.13. The number of ether oxygens (including phenoxy) is 1. The monoisotopic (exact) mass is 244 g/mol. The molecule has 1 aliphatic rings. The van der Waals surface area contributed by atoms with Gasteiger partial charge in [-0.1, -0.05) is 6.92 Å². The van der Waals surface area contributed by atoms with Crippen LogP contribution in [0.3, 0.4) is 0 Å². The van der Waals surface area contributed by atoms with Gasteiger partial charge in [0.1, 0.15) is 0 Å². The van der Waals surface area contributed by atoms with Crippen LogP contribution in [0, 0.1) is 0 Å². The number of nitrogens with two attached hydrogens (primary N) is 1. The van der Waals surface area contributed by atoms with E-state index in [1.165, 1.54) is 12.8 Å². The summed E-state index contributed by atoms with van der Waals surface area (Å²) in [6, 6.07) is 0.771. The molecule has 0 spiro atoms. The van der Waals surface area contributed by atoms with Crippen LogP contribution in [0.25, 0.3) is 0 Å². The predicted molar refractivity (Wildman–Crippen MR) is 70.0 cm³/mol. The number of aliphatic hydroxyl groups is 1. The lowest BCUT2D eigenvalue weighted by molar-refractivity contribution is 0.134. The van der Waals surface area contributed by atoms with Gasteiger partial charge in [0.2, 0.25) is 0 Å². The first-order valence-corrected chi connectivity index (χ1v) is 6.78. The maximum Gasteiger partial charge on any atom is 0.0611 e. The number of nitrogens with zero attached hydrogens (tertiary/aromatic N) is 1. The zero-order valence-corrected chi connectivity index (χ0v) is 11.3. The molecule has 1 aliphatic carbocycles. The highest BCUT2D eigenvalue weighted by Crippen LogP contribution is 2.27. The van der Waals surface area contributed by atoms with Gasteiger partial charge in [0, 0.05) is 25.2 Å². The van der Waals surface area contributed by atoms with E-state index >= 15 is 0 Å². The molecule has 3 N–H and O–H groups in total. The van der Waals surface area contributed by atoms with Gasteiger partial charge in [0.25, 0.3) is 0 Å². The lowest BCUT2D eigenvalue weighted by Gasteiger charge is -2.28. The molecule has 4 heteroatoms. The van der Waals surface area contributed by atoms with E-state index < -0.39 is 0 Å². The summed E-state index contributed by atoms with van der Waals surface area (Å²) in [6.45, 7) is 5.03. The Morgan fingerprint density at radius 3 is 2.59 bits per heavy atom. The van der Waals surface area contributed by atoms with Crippen molar-refractivity contribution in [1.29, 1.82) is 0 Å². The summed E-state index contributed by atoms with van der Waals surface area (Å²) in [6.07, 6.45) is 5.45. The van der Waals surface area contributed by atoms with Crippen LogP contribution in [0.5, 0.6) is 0 Å². The van der Waals surface area contributed by atoms with Crippen LogP contribution < -0.4 is 5.73 Å². The van der Waals surface area contributed by atoms with E-state index in [0.29, 0.717) is 0 Å². The Morgan fingerprint density at radius 2 is 2.12 bits per heavy atom. The summed E-state index contributed by atoms with van der Waals surface area (Å²) in [5, 5.41) is 9.25. The highest BCUT2D eigenvalue weighted by molar-refractivity contribution is 4.86. The largest absolute Gasteiger partial charge is 0.394 e. The van der Waals surface area contributed by atoms with Crippen molar-refractivity contribution in [2.75, 3.05) is 33.4 Å². The second-order valence-electron chi connectivity index (χ2n) is 5.24. The lowest BCUT2D eigenvalue weighted by Crippen LogP contribution is -2.43. The lowest BCUT2D eigenvalue weighted by atomic mass is 9.92. The van der Waals surface area contributed by atoms with Gasteiger partial charge >= 0.3 is 0 Å². The molecule has 0 aromatic rings. The molecule has 1 fully saturated rings. The van der Waals surface area contributed by atoms with Crippen molar-refractivity contribution >= 4 is 0 Å². The fraction of sp³-hybridized carbons (Fsp3) is 1.00. The van der Waals surface area contributed by atoms with Crippen molar-refractivity contribution in [2.24, 2.45) is 5.73 Å². The molecular weight excluding hydrogens is 216 g/mol. The molecule has 102 valence electrons. The maximum atomic E-state index is 9.25. The molecule has 1 atom stereocenters. The topological polar surface area (TPSA) is 58.7 Å². The van der Waals surface area contributed by atoms with Crippen molar-refractivity contribution in [3.8, 4) is 0 Å². The Bertz CT molecular complexity index is 204. The molecule has 1 saturated carbocycles. The second kappa shape index (κ2) is 7.31. The smallest absolute Gasteiger partial charge is 0.0611 e. The number of methoxy groups -OCH3 is 1. The minimum absolute atomic E-state index is 0.0883. The van der Waals surface area contributed by atoms with E-state index in [1.807, 2.05) is 6.92 Å².